The number of nitriles is 1. The number of carbonyl (C=O) groups is 1. The molecule has 0 radical (unpaired) electrons. The number of benzene rings is 1. The zero-order valence-electron chi connectivity index (χ0n) is 11.6. The van der Waals surface area contributed by atoms with E-state index < -0.39 is 6.04 Å². The molecule has 1 aliphatic heterocycles. The minimum absolute atomic E-state index is 0.323. The van der Waals surface area contributed by atoms with Gasteiger partial charge in [-0.3, -0.25) is 9.69 Å². The molecule has 1 aromatic carbocycles. The van der Waals surface area contributed by atoms with E-state index in [1.807, 2.05) is 23.9 Å². The first-order valence-electron chi connectivity index (χ1n) is 6.80. The molecule has 1 amide bonds. The Labute approximate surface area is 123 Å². The lowest BCUT2D eigenvalue weighted by Gasteiger charge is -2.36. The summed E-state index contributed by atoms with van der Waals surface area (Å²) in [6.07, 6.45) is 1.10. The third kappa shape index (κ3) is 3.33. The Morgan fingerprint density at radius 2 is 2.25 bits per heavy atom. The van der Waals surface area contributed by atoms with Gasteiger partial charge in [-0.25, -0.2) is 0 Å². The number of carbonyl (C=O) groups excluding carboxylic acids is 1. The summed E-state index contributed by atoms with van der Waals surface area (Å²) in [4.78, 5) is 14.0. The second kappa shape index (κ2) is 6.78. The summed E-state index contributed by atoms with van der Waals surface area (Å²) in [6.45, 7) is 3.92. The first kappa shape index (κ1) is 14.9. The van der Waals surface area contributed by atoms with Gasteiger partial charge in [-0.2, -0.15) is 17.0 Å². The van der Waals surface area contributed by atoms with E-state index in [0.717, 1.165) is 30.8 Å². The van der Waals surface area contributed by atoms with Crippen molar-refractivity contribution >= 4 is 17.7 Å². The number of primary amides is 1. The molecule has 0 spiro atoms. The Kier molecular flexibility index (Phi) is 5.05. The van der Waals surface area contributed by atoms with E-state index >= 15 is 0 Å². The SMILES string of the molecule is CC[C@H]1CN([C@H](C(N)=O)c2ccc(C#N)cc2)CCS1. The van der Waals surface area contributed by atoms with Gasteiger partial charge in [0, 0.05) is 24.1 Å². The lowest BCUT2D eigenvalue weighted by atomic mass is 10.0. The van der Waals surface area contributed by atoms with Gasteiger partial charge >= 0.3 is 0 Å². The van der Waals surface area contributed by atoms with Crippen LogP contribution in [0.5, 0.6) is 0 Å². The second-order valence-corrected chi connectivity index (χ2v) is 6.34. The van der Waals surface area contributed by atoms with Gasteiger partial charge in [0.05, 0.1) is 11.6 Å². The van der Waals surface area contributed by atoms with E-state index in [1.54, 1.807) is 12.1 Å². The van der Waals surface area contributed by atoms with Crippen LogP contribution in [0.4, 0.5) is 0 Å². The highest BCUT2D eigenvalue weighted by atomic mass is 32.2. The summed E-state index contributed by atoms with van der Waals surface area (Å²) in [5.74, 6) is 0.704. The van der Waals surface area contributed by atoms with Crippen LogP contribution in [0.25, 0.3) is 0 Å². The molecule has 2 atom stereocenters. The molecule has 0 unspecified atom stereocenters. The van der Waals surface area contributed by atoms with Crippen LogP contribution >= 0.6 is 11.8 Å². The number of amides is 1. The predicted molar refractivity (Wildman–Crippen MR) is 81.2 cm³/mol. The van der Waals surface area contributed by atoms with Gasteiger partial charge in [0.2, 0.25) is 5.91 Å². The molecular formula is C15H19N3OS. The minimum atomic E-state index is -0.391. The quantitative estimate of drug-likeness (QED) is 0.919. The smallest absolute Gasteiger partial charge is 0.239 e. The number of hydrogen-bond donors (Lipinski definition) is 1. The number of nitrogens with two attached hydrogens (primary N) is 1. The van der Waals surface area contributed by atoms with Crippen molar-refractivity contribution in [3.05, 3.63) is 35.4 Å². The number of rotatable bonds is 4. The van der Waals surface area contributed by atoms with Gasteiger partial charge in [0.1, 0.15) is 6.04 Å². The third-order valence-corrected chi connectivity index (χ3v) is 4.99. The topological polar surface area (TPSA) is 70.1 Å². The maximum absolute atomic E-state index is 11.9. The minimum Gasteiger partial charge on any atom is -0.368 e. The zero-order chi connectivity index (χ0) is 14.5. The van der Waals surface area contributed by atoms with Gasteiger partial charge in [-0.15, -0.1) is 0 Å². The molecule has 20 heavy (non-hydrogen) atoms. The molecule has 1 saturated heterocycles. The Bertz CT molecular complexity index is 509. The fraction of sp³-hybridized carbons (Fsp3) is 0.467. The monoisotopic (exact) mass is 289 g/mol. The van der Waals surface area contributed by atoms with Crippen LogP contribution in [-0.4, -0.2) is 34.9 Å². The average molecular weight is 289 g/mol. The summed E-state index contributed by atoms with van der Waals surface area (Å²) in [5.41, 5.74) is 7.07. The Balaban J connectivity index is 2.22. The van der Waals surface area contributed by atoms with E-state index in [0.29, 0.717) is 10.8 Å². The second-order valence-electron chi connectivity index (χ2n) is 4.93. The highest BCUT2D eigenvalue weighted by molar-refractivity contribution is 8.00. The Morgan fingerprint density at radius 1 is 1.55 bits per heavy atom. The van der Waals surface area contributed by atoms with Gasteiger partial charge in [-0.05, 0) is 24.1 Å². The molecule has 2 N–H and O–H groups in total. The maximum Gasteiger partial charge on any atom is 0.239 e. The van der Waals surface area contributed by atoms with Gasteiger partial charge in [0.25, 0.3) is 0 Å². The molecule has 5 heteroatoms. The van der Waals surface area contributed by atoms with E-state index in [-0.39, 0.29) is 5.91 Å². The van der Waals surface area contributed by atoms with Crippen molar-refractivity contribution in [2.24, 2.45) is 5.73 Å². The molecule has 2 rings (SSSR count). The average Bonchev–Trinajstić information content (AvgIpc) is 2.48. The molecule has 1 fully saturated rings. The molecule has 1 aliphatic rings. The van der Waals surface area contributed by atoms with Gasteiger partial charge in [0.15, 0.2) is 0 Å². The van der Waals surface area contributed by atoms with Crippen LogP contribution in [0.1, 0.15) is 30.5 Å². The highest BCUT2D eigenvalue weighted by Crippen LogP contribution is 2.28. The van der Waals surface area contributed by atoms with Crippen molar-refractivity contribution in [1.82, 2.24) is 4.90 Å². The molecule has 1 heterocycles. The first-order chi connectivity index (χ1) is 9.65. The van der Waals surface area contributed by atoms with Crippen molar-refractivity contribution in [2.75, 3.05) is 18.8 Å². The fourth-order valence-corrected chi connectivity index (χ4v) is 3.72. The molecule has 4 nitrogen and oxygen atoms in total. The van der Waals surface area contributed by atoms with Gasteiger partial charge < -0.3 is 5.73 Å². The largest absolute Gasteiger partial charge is 0.368 e. The van der Waals surface area contributed by atoms with Crippen molar-refractivity contribution in [3.63, 3.8) is 0 Å². The number of hydrogen-bond acceptors (Lipinski definition) is 4. The molecule has 1 aromatic rings. The maximum atomic E-state index is 11.9. The number of thioether (sulfide) groups is 1. The summed E-state index contributed by atoms with van der Waals surface area (Å²) in [6, 6.07) is 8.83. The van der Waals surface area contributed by atoms with Crippen LogP contribution < -0.4 is 5.73 Å². The molecule has 0 aliphatic carbocycles. The van der Waals surface area contributed by atoms with E-state index in [2.05, 4.69) is 17.9 Å². The van der Waals surface area contributed by atoms with Crippen molar-refractivity contribution in [2.45, 2.75) is 24.6 Å². The predicted octanol–water partition coefficient (Wildman–Crippen LogP) is 1.91. The van der Waals surface area contributed by atoms with Crippen molar-refractivity contribution in [3.8, 4) is 6.07 Å². The van der Waals surface area contributed by atoms with Gasteiger partial charge in [-0.1, -0.05) is 19.1 Å². The Hall–Kier alpha value is -1.51. The van der Waals surface area contributed by atoms with Crippen molar-refractivity contribution < 1.29 is 4.79 Å². The van der Waals surface area contributed by atoms with Crippen LogP contribution in [0.15, 0.2) is 24.3 Å². The van der Waals surface area contributed by atoms with Crippen LogP contribution in [0.3, 0.4) is 0 Å². The van der Waals surface area contributed by atoms with Crippen LogP contribution in [0.2, 0.25) is 0 Å². The normalized spacial score (nSPS) is 21.1. The lowest BCUT2D eigenvalue weighted by molar-refractivity contribution is -0.123. The summed E-state index contributed by atoms with van der Waals surface area (Å²) >= 11 is 1.96. The number of nitrogens with zero attached hydrogens (tertiary/aromatic N) is 2. The third-order valence-electron chi connectivity index (χ3n) is 3.62. The Morgan fingerprint density at radius 3 is 2.80 bits per heavy atom. The molecule has 106 valence electrons. The summed E-state index contributed by atoms with van der Waals surface area (Å²) in [5, 5.41) is 9.40. The zero-order valence-corrected chi connectivity index (χ0v) is 12.4. The first-order valence-corrected chi connectivity index (χ1v) is 7.85. The van der Waals surface area contributed by atoms with Crippen LogP contribution in [-0.2, 0) is 4.79 Å². The molecule has 0 aromatic heterocycles. The lowest BCUT2D eigenvalue weighted by Crippen LogP contribution is -2.45. The van der Waals surface area contributed by atoms with E-state index in [9.17, 15) is 4.79 Å². The van der Waals surface area contributed by atoms with E-state index in [1.165, 1.54) is 0 Å². The molecule has 0 saturated carbocycles. The summed E-state index contributed by atoms with van der Waals surface area (Å²) < 4.78 is 0. The molecule has 0 bridgehead atoms. The molecular weight excluding hydrogens is 270 g/mol. The van der Waals surface area contributed by atoms with Crippen LogP contribution in [0, 0.1) is 11.3 Å². The standard InChI is InChI=1S/C15H19N3OS/c1-2-13-10-18(7-8-20-13)14(15(17)19)12-5-3-11(9-16)4-6-12/h3-6,13-14H,2,7-8,10H2,1H3,(H2,17,19)/t13-,14-/m0/s1. The summed E-state index contributed by atoms with van der Waals surface area (Å²) in [7, 11) is 0. The van der Waals surface area contributed by atoms with Crippen molar-refractivity contribution in [1.29, 1.82) is 5.26 Å². The fourth-order valence-electron chi connectivity index (χ4n) is 2.52. The highest BCUT2D eigenvalue weighted by Gasteiger charge is 2.30. The van der Waals surface area contributed by atoms with E-state index in [4.69, 9.17) is 11.0 Å².